The minimum absolute atomic E-state index is 0.187. The minimum Gasteiger partial charge on any atom is -0.465 e. The van der Waals surface area contributed by atoms with Crippen molar-refractivity contribution in [3.63, 3.8) is 0 Å². The lowest BCUT2D eigenvalue weighted by atomic mass is 9.65. The standard InChI is InChI=1S/C28H38O4/c1-19(30-15-16-31-26(29)20-11-9-8-10-12-20)32-22-13-14-23-21(17-22)18-24(27(2,3)4)25(23)28(5,6)7/h8-14,17,19,24-25H,15-16,18H2,1-7H3/t19-,24?,25?/m1/s1. The van der Waals surface area contributed by atoms with Crippen molar-refractivity contribution in [2.75, 3.05) is 13.2 Å². The van der Waals surface area contributed by atoms with Crippen LogP contribution in [0.15, 0.2) is 48.5 Å². The maximum absolute atomic E-state index is 12.0. The number of esters is 1. The molecule has 2 aromatic rings. The monoisotopic (exact) mass is 438 g/mol. The smallest absolute Gasteiger partial charge is 0.338 e. The van der Waals surface area contributed by atoms with Crippen LogP contribution in [0.5, 0.6) is 5.75 Å². The highest BCUT2D eigenvalue weighted by Gasteiger charge is 2.44. The summed E-state index contributed by atoms with van der Waals surface area (Å²) in [5, 5.41) is 0. The predicted octanol–water partition coefficient (Wildman–Crippen LogP) is 6.63. The van der Waals surface area contributed by atoms with Crippen molar-refractivity contribution in [2.24, 2.45) is 16.7 Å². The first-order chi connectivity index (χ1) is 15.0. The summed E-state index contributed by atoms with van der Waals surface area (Å²) in [4.78, 5) is 12.0. The van der Waals surface area contributed by atoms with E-state index < -0.39 is 6.29 Å². The molecule has 0 saturated heterocycles. The number of rotatable bonds is 7. The molecule has 0 N–H and O–H groups in total. The van der Waals surface area contributed by atoms with Gasteiger partial charge in [0, 0.05) is 0 Å². The fourth-order valence-electron chi connectivity index (χ4n) is 4.82. The van der Waals surface area contributed by atoms with Gasteiger partial charge in [-0.05, 0) is 71.4 Å². The summed E-state index contributed by atoms with van der Waals surface area (Å²) < 4.78 is 17.0. The van der Waals surface area contributed by atoms with Gasteiger partial charge >= 0.3 is 5.97 Å². The lowest BCUT2D eigenvalue weighted by Gasteiger charge is -2.40. The zero-order valence-corrected chi connectivity index (χ0v) is 20.6. The Labute approximate surface area is 193 Å². The predicted molar refractivity (Wildman–Crippen MR) is 128 cm³/mol. The summed E-state index contributed by atoms with van der Waals surface area (Å²) in [7, 11) is 0. The quantitative estimate of drug-likeness (QED) is 0.276. The summed E-state index contributed by atoms with van der Waals surface area (Å²) in [6.45, 7) is 16.4. The van der Waals surface area contributed by atoms with Crippen LogP contribution in [0.1, 0.15) is 75.9 Å². The highest BCUT2D eigenvalue weighted by atomic mass is 16.7. The van der Waals surface area contributed by atoms with Gasteiger partial charge < -0.3 is 14.2 Å². The van der Waals surface area contributed by atoms with E-state index >= 15 is 0 Å². The van der Waals surface area contributed by atoms with Crippen LogP contribution in [0.2, 0.25) is 0 Å². The van der Waals surface area contributed by atoms with Gasteiger partial charge in [-0.2, -0.15) is 0 Å². The Kier molecular flexibility index (Phi) is 7.34. The van der Waals surface area contributed by atoms with Gasteiger partial charge in [-0.1, -0.05) is 65.8 Å². The van der Waals surface area contributed by atoms with Crippen molar-refractivity contribution in [1.29, 1.82) is 0 Å². The minimum atomic E-state index is -0.429. The molecule has 0 heterocycles. The second-order valence-corrected chi connectivity index (χ2v) is 10.9. The van der Waals surface area contributed by atoms with E-state index in [0.717, 1.165) is 12.2 Å². The summed E-state index contributed by atoms with van der Waals surface area (Å²) >= 11 is 0. The number of hydrogen-bond acceptors (Lipinski definition) is 4. The molecule has 0 radical (unpaired) electrons. The van der Waals surface area contributed by atoms with Crippen molar-refractivity contribution in [2.45, 2.75) is 67.1 Å². The molecule has 0 aromatic heterocycles. The van der Waals surface area contributed by atoms with Gasteiger partial charge in [0.1, 0.15) is 12.4 Å². The van der Waals surface area contributed by atoms with Gasteiger partial charge in [0.05, 0.1) is 12.2 Å². The molecule has 174 valence electrons. The molecule has 2 aromatic carbocycles. The summed E-state index contributed by atoms with van der Waals surface area (Å²) in [5.74, 6) is 1.60. The summed E-state index contributed by atoms with van der Waals surface area (Å²) in [5.41, 5.74) is 3.82. The number of carbonyl (C=O) groups is 1. The fraction of sp³-hybridized carbons (Fsp3) is 0.536. The molecule has 3 atom stereocenters. The van der Waals surface area contributed by atoms with Gasteiger partial charge in [0.15, 0.2) is 6.29 Å². The molecule has 3 rings (SSSR count). The number of hydrogen-bond donors (Lipinski definition) is 0. The van der Waals surface area contributed by atoms with Crippen LogP contribution in [0.3, 0.4) is 0 Å². The zero-order chi connectivity index (χ0) is 23.5. The van der Waals surface area contributed by atoms with E-state index in [9.17, 15) is 4.79 Å². The van der Waals surface area contributed by atoms with Crippen LogP contribution in [-0.2, 0) is 15.9 Å². The van der Waals surface area contributed by atoms with E-state index in [1.165, 1.54) is 11.1 Å². The van der Waals surface area contributed by atoms with E-state index in [0.29, 0.717) is 17.4 Å². The molecule has 2 unspecified atom stereocenters. The van der Waals surface area contributed by atoms with E-state index in [1.54, 1.807) is 12.1 Å². The van der Waals surface area contributed by atoms with E-state index in [4.69, 9.17) is 14.2 Å². The van der Waals surface area contributed by atoms with Gasteiger partial charge in [-0.15, -0.1) is 0 Å². The Morgan fingerprint density at radius 2 is 1.66 bits per heavy atom. The van der Waals surface area contributed by atoms with Crippen LogP contribution in [0.25, 0.3) is 0 Å². The van der Waals surface area contributed by atoms with Crippen molar-refractivity contribution in [1.82, 2.24) is 0 Å². The average Bonchev–Trinajstić information content (AvgIpc) is 3.11. The van der Waals surface area contributed by atoms with Gasteiger partial charge in [0.25, 0.3) is 0 Å². The first-order valence-corrected chi connectivity index (χ1v) is 11.6. The molecule has 32 heavy (non-hydrogen) atoms. The Balaban J connectivity index is 1.55. The van der Waals surface area contributed by atoms with Crippen molar-refractivity contribution < 1.29 is 19.0 Å². The molecule has 0 bridgehead atoms. The maximum atomic E-state index is 12.0. The molecule has 1 aliphatic carbocycles. The normalized spacial score (nSPS) is 19.3. The third kappa shape index (κ3) is 5.92. The van der Waals surface area contributed by atoms with Crippen molar-refractivity contribution in [3.05, 3.63) is 65.2 Å². The van der Waals surface area contributed by atoms with Crippen molar-refractivity contribution in [3.8, 4) is 5.75 Å². The third-order valence-electron chi connectivity index (χ3n) is 6.32. The maximum Gasteiger partial charge on any atom is 0.338 e. The molecule has 4 heteroatoms. The number of fused-ring (bicyclic) bond motifs is 1. The molecule has 0 fully saturated rings. The second-order valence-electron chi connectivity index (χ2n) is 10.9. The van der Waals surface area contributed by atoms with Crippen LogP contribution in [0.4, 0.5) is 0 Å². The third-order valence-corrected chi connectivity index (χ3v) is 6.32. The van der Waals surface area contributed by atoms with Crippen LogP contribution < -0.4 is 4.74 Å². The molecular weight excluding hydrogens is 400 g/mol. The average molecular weight is 439 g/mol. The molecule has 0 spiro atoms. The largest absolute Gasteiger partial charge is 0.465 e. The molecule has 1 aliphatic rings. The Bertz CT molecular complexity index is 905. The second kappa shape index (κ2) is 9.66. The first kappa shape index (κ1) is 24.3. The number of benzene rings is 2. The SMILES string of the molecule is C[C@H](OCCOC(=O)c1ccccc1)Oc1ccc2c(c1)CC(C(C)(C)C)C2C(C)(C)C. The topological polar surface area (TPSA) is 44.8 Å². The number of ether oxygens (including phenoxy) is 3. The van der Waals surface area contributed by atoms with Gasteiger partial charge in [0.2, 0.25) is 0 Å². The van der Waals surface area contributed by atoms with E-state index in [-0.39, 0.29) is 30.0 Å². The molecule has 0 amide bonds. The molecule has 0 saturated carbocycles. The van der Waals surface area contributed by atoms with E-state index in [2.05, 4.69) is 59.7 Å². The fourth-order valence-corrected chi connectivity index (χ4v) is 4.82. The molecule has 4 nitrogen and oxygen atoms in total. The van der Waals surface area contributed by atoms with Crippen LogP contribution in [0, 0.1) is 16.7 Å². The van der Waals surface area contributed by atoms with Crippen molar-refractivity contribution >= 4 is 5.97 Å². The Morgan fingerprint density at radius 1 is 0.969 bits per heavy atom. The zero-order valence-electron chi connectivity index (χ0n) is 20.6. The van der Waals surface area contributed by atoms with E-state index in [1.807, 2.05) is 25.1 Å². The lowest BCUT2D eigenvalue weighted by molar-refractivity contribution is -0.0784. The molecule has 0 aliphatic heterocycles. The van der Waals surface area contributed by atoms with Gasteiger partial charge in [-0.25, -0.2) is 4.79 Å². The number of carbonyl (C=O) groups excluding carboxylic acids is 1. The highest BCUT2D eigenvalue weighted by Crippen LogP contribution is 2.54. The summed E-state index contributed by atoms with van der Waals surface area (Å²) in [6.07, 6.45) is 0.643. The lowest BCUT2D eigenvalue weighted by Crippen LogP contribution is -2.31. The molecular formula is C28H38O4. The first-order valence-electron chi connectivity index (χ1n) is 11.6. The highest BCUT2D eigenvalue weighted by molar-refractivity contribution is 5.89. The summed E-state index contributed by atoms with van der Waals surface area (Å²) in [6, 6.07) is 15.4. The van der Waals surface area contributed by atoms with Crippen LogP contribution >= 0.6 is 0 Å². The Hall–Kier alpha value is -2.33. The Morgan fingerprint density at radius 3 is 2.28 bits per heavy atom. The van der Waals surface area contributed by atoms with Crippen LogP contribution in [-0.4, -0.2) is 25.5 Å². The van der Waals surface area contributed by atoms with Gasteiger partial charge in [-0.3, -0.25) is 0 Å².